The van der Waals surface area contributed by atoms with Gasteiger partial charge >= 0.3 is 5.97 Å². The van der Waals surface area contributed by atoms with Gasteiger partial charge in [-0.15, -0.1) is 0 Å². The Morgan fingerprint density at radius 3 is 2.55 bits per heavy atom. The number of fused-ring (bicyclic) bond motifs is 1. The Hall–Kier alpha value is -2.10. The summed E-state index contributed by atoms with van der Waals surface area (Å²) >= 11 is 0. The topological polar surface area (TPSA) is 59.2 Å². The number of aromatic amines is 1. The first-order chi connectivity index (χ1) is 9.34. The second-order valence-electron chi connectivity index (χ2n) is 5.75. The first-order valence-corrected chi connectivity index (χ1v) is 6.68. The molecule has 0 bridgehead atoms. The van der Waals surface area contributed by atoms with Gasteiger partial charge in [-0.3, -0.25) is 4.79 Å². The summed E-state index contributed by atoms with van der Waals surface area (Å²) in [4.78, 5) is 27.2. The van der Waals surface area contributed by atoms with Gasteiger partial charge in [-0.05, 0) is 19.1 Å². The fourth-order valence-electron chi connectivity index (χ4n) is 2.07. The SMILES string of the molecule is CCOC(=O)c1cc2cccc(C(=O)C(C)(C)C)c2[nH]1. The van der Waals surface area contributed by atoms with E-state index >= 15 is 0 Å². The van der Waals surface area contributed by atoms with E-state index in [9.17, 15) is 9.59 Å². The Labute approximate surface area is 118 Å². The Kier molecular flexibility index (Phi) is 3.66. The summed E-state index contributed by atoms with van der Waals surface area (Å²) in [5.74, 6) is -0.363. The molecule has 0 unspecified atom stereocenters. The maximum Gasteiger partial charge on any atom is 0.354 e. The number of carbonyl (C=O) groups is 2. The van der Waals surface area contributed by atoms with Crippen molar-refractivity contribution in [2.75, 3.05) is 6.61 Å². The predicted octanol–water partition coefficient (Wildman–Crippen LogP) is 3.57. The molecule has 0 amide bonds. The zero-order valence-electron chi connectivity index (χ0n) is 12.2. The van der Waals surface area contributed by atoms with Crippen molar-refractivity contribution in [1.82, 2.24) is 4.98 Å². The van der Waals surface area contributed by atoms with Gasteiger partial charge in [-0.25, -0.2) is 4.79 Å². The number of ketones is 1. The van der Waals surface area contributed by atoms with Crippen LogP contribution in [0.15, 0.2) is 24.3 Å². The molecule has 0 saturated carbocycles. The van der Waals surface area contributed by atoms with Crippen molar-refractivity contribution in [2.24, 2.45) is 5.41 Å². The van der Waals surface area contributed by atoms with Gasteiger partial charge in [0.1, 0.15) is 5.69 Å². The summed E-state index contributed by atoms with van der Waals surface area (Å²) in [6.07, 6.45) is 0. The molecule has 2 rings (SSSR count). The van der Waals surface area contributed by atoms with Crippen molar-refractivity contribution < 1.29 is 14.3 Å². The summed E-state index contributed by atoms with van der Waals surface area (Å²) in [5.41, 5.74) is 1.20. The molecule has 1 aromatic heterocycles. The van der Waals surface area contributed by atoms with E-state index in [4.69, 9.17) is 4.74 Å². The fourth-order valence-corrected chi connectivity index (χ4v) is 2.07. The van der Waals surface area contributed by atoms with Gasteiger partial charge in [-0.1, -0.05) is 32.9 Å². The number of Topliss-reactive ketones (excluding diaryl/α,β-unsaturated/α-hetero) is 1. The maximum atomic E-state index is 12.4. The van der Waals surface area contributed by atoms with Crippen LogP contribution in [0.3, 0.4) is 0 Å². The third kappa shape index (κ3) is 2.59. The Morgan fingerprint density at radius 2 is 1.95 bits per heavy atom. The van der Waals surface area contributed by atoms with E-state index in [1.54, 1.807) is 19.1 Å². The lowest BCUT2D eigenvalue weighted by molar-refractivity contribution is 0.0520. The molecule has 0 saturated heterocycles. The zero-order chi connectivity index (χ0) is 14.9. The lowest BCUT2D eigenvalue weighted by Crippen LogP contribution is -2.20. The molecular formula is C16H19NO3. The lowest BCUT2D eigenvalue weighted by Gasteiger charge is -2.17. The molecule has 106 valence electrons. The Bertz CT molecular complexity index is 662. The largest absolute Gasteiger partial charge is 0.461 e. The van der Waals surface area contributed by atoms with Crippen molar-refractivity contribution in [3.63, 3.8) is 0 Å². The number of nitrogens with one attached hydrogen (secondary N) is 1. The van der Waals surface area contributed by atoms with Gasteiger partial charge in [-0.2, -0.15) is 0 Å². The highest BCUT2D eigenvalue weighted by molar-refractivity contribution is 6.10. The average Bonchev–Trinajstić information content (AvgIpc) is 2.80. The molecule has 1 heterocycles. The number of aromatic nitrogens is 1. The van der Waals surface area contributed by atoms with Crippen LogP contribution in [0.25, 0.3) is 10.9 Å². The lowest BCUT2D eigenvalue weighted by atomic mass is 9.86. The molecular weight excluding hydrogens is 254 g/mol. The van der Waals surface area contributed by atoms with Crippen LogP contribution in [0.4, 0.5) is 0 Å². The number of benzene rings is 1. The fraction of sp³-hybridized carbons (Fsp3) is 0.375. The summed E-state index contributed by atoms with van der Waals surface area (Å²) in [7, 11) is 0. The molecule has 1 N–H and O–H groups in total. The molecule has 4 heteroatoms. The highest BCUT2D eigenvalue weighted by Gasteiger charge is 2.25. The van der Waals surface area contributed by atoms with Crippen molar-refractivity contribution in [3.8, 4) is 0 Å². The number of rotatable bonds is 3. The quantitative estimate of drug-likeness (QED) is 0.687. The normalized spacial score (nSPS) is 11.6. The van der Waals surface area contributed by atoms with Gasteiger partial charge in [0, 0.05) is 16.4 Å². The molecule has 0 aliphatic carbocycles. The third-order valence-electron chi connectivity index (χ3n) is 3.08. The standard InChI is InChI=1S/C16H19NO3/c1-5-20-15(19)12-9-10-7-6-8-11(13(10)17-12)14(18)16(2,3)4/h6-9,17H,5H2,1-4H3. The summed E-state index contributed by atoms with van der Waals surface area (Å²) < 4.78 is 4.97. The van der Waals surface area contributed by atoms with Crippen molar-refractivity contribution in [2.45, 2.75) is 27.7 Å². The highest BCUT2D eigenvalue weighted by Crippen LogP contribution is 2.27. The molecule has 0 spiro atoms. The molecule has 20 heavy (non-hydrogen) atoms. The predicted molar refractivity (Wildman–Crippen MR) is 78.0 cm³/mol. The van der Waals surface area contributed by atoms with Crippen molar-refractivity contribution in [3.05, 3.63) is 35.5 Å². The number of hydrogen-bond acceptors (Lipinski definition) is 3. The van der Waals surface area contributed by atoms with Crippen LogP contribution in [0.5, 0.6) is 0 Å². The Balaban J connectivity index is 2.53. The number of esters is 1. The first kappa shape index (κ1) is 14.3. The van der Waals surface area contributed by atoms with Gasteiger partial charge in [0.15, 0.2) is 5.78 Å². The molecule has 4 nitrogen and oxygen atoms in total. The summed E-state index contributed by atoms with van der Waals surface area (Å²) in [5, 5.41) is 0.836. The van der Waals surface area contributed by atoms with Gasteiger partial charge < -0.3 is 9.72 Å². The zero-order valence-corrected chi connectivity index (χ0v) is 12.2. The monoisotopic (exact) mass is 273 g/mol. The number of carbonyl (C=O) groups excluding carboxylic acids is 2. The van der Waals surface area contributed by atoms with Crippen molar-refractivity contribution >= 4 is 22.7 Å². The minimum atomic E-state index is -0.469. The van der Waals surface area contributed by atoms with Crippen LogP contribution in [-0.2, 0) is 4.74 Å². The van der Waals surface area contributed by atoms with E-state index in [2.05, 4.69) is 4.98 Å². The number of H-pyrrole nitrogens is 1. The van der Waals surface area contributed by atoms with Gasteiger partial charge in [0.2, 0.25) is 0 Å². The average molecular weight is 273 g/mol. The number of hydrogen-bond donors (Lipinski definition) is 1. The molecule has 0 fully saturated rings. The Morgan fingerprint density at radius 1 is 1.25 bits per heavy atom. The molecule has 0 aliphatic heterocycles. The van der Waals surface area contributed by atoms with E-state index in [1.165, 1.54) is 0 Å². The maximum absolute atomic E-state index is 12.4. The first-order valence-electron chi connectivity index (χ1n) is 6.68. The van der Waals surface area contributed by atoms with Crippen LogP contribution in [-0.4, -0.2) is 23.3 Å². The van der Waals surface area contributed by atoms with Gasteiger partial charge in [0.05, 0.1) is 12.1 Å². The van der Waals surface area contributed by atoms with Crippen LogP contribution in [0.1, 0.15) is 48.5 Å². The summed E-state index contributed by atoms with van der Waals surface area (Å²) in [6, 6.07) is 7.19. The van der Waals surface area contributed by atoms with Gasteiger partial charge in [0.25, 0.3) is 0 Å². The van der Waals surface area contributed by atoms with E-state index in [-0.39, 0.29) is 5.78 Å². The van der Waals surface area contributed by atoms with Crippen LogP contribution in [0.2, 0.25) is 0 Å². The van der Waals surface area contributed by atoms with Crippen LogP contribution >= 0.6 is 0 Å². The van der Waals surface area contributed by atoms with E-state index < -0.39 is 11.4 Å². The number of ether oxygens (including phenoxy) is 1. The third-order valence-corrected chi connectivity index (χ3v) is 3.08. The molecule has 0 atom stereocenters. The second kappa shape index (κ2) is 5.12. The minimum absolute atomic E-state index is 0.0420. The highest BCUT2D eigenvalue weighted by atomic mass is 16.5. The van der Waals surface area contributed by atoms with E-state index in [1.807, 2.05) is 32.9 Å². The molecule has 2 aromatic rings. The van der Waals surface area contributed by atoms with E-state index in [0.717, 1.165) is 5.39 Å². The smallest absolute Gasteiger partial charge is 0.354 e. The van der Waals surface area contributed by atoms with E-state index in [0.29, 0.717) is 23.4 Å². The number of para-hydroxylation sites is 1. The van der Waals surface area contributed by atoms with Crippen LogP contribution < -0.4 is 0 Å². The minimum Gasteiger partial charge on any atom is -0.461 e. The van der Waals surface area contributed by atoms with Crippen LogP contribution in [0, 0.1) is 5.41 Å². The molecule has 0 aliphatic rings. The van der Waals surface area contributed by atoms with Crippen molar-refractivity contribution in [1.29, 1.82) is 0 Å². The molecule has 1 aromatic carbocycles. The summed E-state index contributed by atoms with van der Waals surface area (Å²) in [6.45, 7) is 7.72. The molecule has 0 radical (unpaired) electrons. The second-order valence-corrected chi connectivity index (χ2v) is 5.75.